The lowest BCUT2D eigenvalue weighted by atomic mass is 10.1. The predicted molar refractivity (Wildman–Crippen MR) is 92.3 cm³/mol. The Hall–Kier alpha value is -1.99. The first-order valence-corrected chi connectivity index (χ1v) is 7.73. The van der Waals surface area contributed by atoms with Crippen LogP contribution in [0.3, 0.4) is 0 Å². The van der Waals surface area contributed by atoms with Crippen molar-refractivity contribution >= 4 is 6.09 Å². The van der Waals surface area contributed by atoms with Crippen LogP contribution in [-0.4, -0.2) is 30.9 Å². The van der Waals surface area contributed by atoms with Gasteiger partial charge in [0.15, 0.2) is 5.60 Å². The van der Waals surface area contributed by atoms with Crippen LogP contribution in [0.25, 0.3) is 0 Å². The van der Waals surface area contributed by atoms with Gasteiger partial charge in [0.2, 0.25) is 0 Å². The molecule has 1 N–H and O–H groups in total. The summed E-state index contributed by atoms with van der Waals surface area (Å²) in [5, 5.41) is 2.76. The standard InChI is InChI=1S/C19H27NO3/c1-18(2,3)20-17(21)23-19(4,5)13-11-15-7-9-16(10-8-15)12-14-22-6/h7-10H,12,14H2,1-6H3,(H,20,21). The Morgan fingerprint density at radius 2 is 1.74 bits per heavy atom. The van der Waals surface area contributed by atoms with Crippen LogP contribution in [0.1, 0.15) is 45.7 Å². The molecule has 0 aliphatic carbocycles. The molecule has 0 radical (unpaired) electrons. The number of hydrogen-bond acceptors (Lipinski definition) is 3. The molecule has 126 valence electrons. The largest absolute Gasteiger partial charge is 0.430 e. The molecule has 0 bridgehead atoms. The van der Waals surface area contributed by atoms with Crippen LogP contribution in [0.15, 0.2) is 24.3 Å². The van der Waals surface area contributed by atoms with E-state index in [0.29, 0.717) is 6.61 Å². The van der Waals surface area contributed by atoms with Gasteiger partial charge in [-0.1, -0.05) is 24.0 Å². The molecule has 0 fully saturated rings. The van der Waals surface area contributed by atoms with Gasteiger partial charge >= 0.3 is 6.09 Å². The fourth-order valence-corrected chi connectivity index (χ4v) is 1.79. The van der Waals surface area contributed by atoms with Crippen molar-refractivity contribution in [3.05, 3.63) is 35.4 Å². The van der Waals surface area contributed by atoms with Crippen molar-refractivity contribution in [2.24, 2.45) is 0 Å². The van der Waals surface area contributed by atoms with Crippen LogP contribution in [0.2, 0.25) is 0 Å². The predicted octanol–water partition coefficient (Wildman–Crippen LogP) is 3.53. The maximum Gasteiger partial charge on any atom is 0.409 e. The first-order chi connectivity index (χ1) is 10.6. The monoisotopic (exact) mass is 317 g/mol. The number of methoxy groups -OCH3 is 1. The fourth-order valence-electron chi connectivity index (χ4n) is 1.79. The Balaban J connectivity index is 2.67. The Morgan fingerprint density at radius 3 is 2.26 bits per heavy atom. The lowest BCUT2D eigenvalue weighted by Gasteiger charge is -2.24. The van der Waals surface area contributed by atoms with Crippen molar-refractivity contribution in [3.8, 4) is 11.8 Å². The molecule has 0 saturated heterocycles. The maximum atomic E-state index is 11.8. The molecule has 0 aliphatic rings. The second-order valence-electron chi connectivity index (χ2n) is 6.96. The van der Waals surface area contributed by atoms with E-state index in [0.717, 1.165) is 12.0 Å². The van der Waals surface area contributed by atoms with E-state index in [2.05, 4.69) is 17.2 Å². The van der Waals surface area contributed by atoms with E-state index in [-0.39, 0.29) is 5.54 Å². The van der Waals surface area contributed by atoms with Gasteiger partial charge < -0.3 is 14.8 Å². The zero-order valence-electron chi connectivity index (χ0n) is 14.9. The van der Waals surface area contributed by atoms with Crippen molar-refractivity contribution in [1.82, 2.24) is 5.32 Å². The third-order valence-electron chi connectivity index (χ3n) is 2.88. The third kappa shape index (κ3) is 8.27. The highest BCUT2D eigenvalue weighted by Gasteiger charge is 2.23. The molecule has 0 atom stereocenters. The number of carbonyl (C=O) groups is 1. The molecule has 1 rings (SSSR count). The number of alkyl carbamates (subject to hydrolysis) is 1. The summed E-state index contributed by atoms with van der Waals surface area (Å²) < 4.78 is 10.4. The van der Waals surface area contributed by atoms with E-state index in [4.69, 9.17) is 9.47 Å². The van der Waals surface area contributed by atoms with Gasteiger partial charge in [-0.3, -0.25) is 0 Å². The molecule has 0 unspecified atom stereocenters. The number of carbonyl (C=O) groups excluding carboxylic acids is 1. The Bertz CT molecular complexity index is 571. The average Bonchev–Trinajstić information content (AvgIpc) is 2.41. The van der Waals surface area contributed by atoms with Gasteiger partial charge in [0.25, 0.3) is 0 Å². The van der Waals surface area contributed by atoms with Gasteiger partial charge in [0, 0.05) is 18.2 Å². The molecule has 1 amide bonds. The number of amides is 1. The van der Waals surface area contributed by atoms with E-state index >= 15 is 0 Å². The number of benzene rings is 1. The Morgan fingerprint density at radius 1 is 1.13 bits per heavy atom. The smallest absolute Gasteiger partial charge is 0.409 e. The maximum absolute atomic E-state index is 11.8. The van der Waals surface area contributed by atoms with Crippen molar-refractivity contribution in [2.45, 2.75) is 52.2 Å². The Kier molecular flexibility index (Phi) is 6.65. The minimum absolute atomic E-state index is 0.335. The topological polar surface area (TPSA) is 47.6 Å². The van der Waals surface area contributed by atoms with Crippen LogP contribution in [0.4, 0.5) is 4.79 Å². The summed E-state index contributed by atoms with van der Waals surface area (Å²) in [5.74, 6) is 6.05. The molecule has 4 nitrogen and oxygen atoms in total. The molecular formula is C19H27NO3. The molecule has 1 aromatic carbocycles. The number of nitrogens with one attached hydrogen (secondary N) is 1. The van der Waals surface area contributed by atoms with E-state index in [1.54, 1.807) is 21.0 Å². The van der Waals surface area contributed by atoms with Crippen molar-refractivity contribution in [2.75, 3.05) is 13.7 Å². The summed E-state index contributed by atoms with van der Waals surface area (Å²) in [6.45, 7) is 9.95. The van der Waals surface area contributed by atoms with Gasteiger partial charge in [-0.15, -0.1) is 0 Å². The molecular weight excluding hydrogens is 290 g/mol. The van der Waals surface area contributed by atoms with Gasteiger partial charge in [-0.2, -0.15) is 0 Å². The van der Waals surface area contributed by atoms with Crippen molar-refractivity contribution in [1.29, 1.82) is 0 Å². The second kappa shape index (κ2) is 8.03. The van der Waals surface area contributed by atoms with Crippen molar-refractivity contribution < 1.29 is 14.3 Å². The van der Waals surface area contributed by atoms with Crippen LogP contribution >= 0.6 is 0 Å². The summed E-state index contributed by atoms with van der Waals surface area (Å²) in [7, 11) is 1.69. The zero-order chi connectivity index (χ0) is 17.5. The molecule has 0 aliphatic heterocycles. The van der Waals surface area contributed by atoms with Crippen LogP contribution in [0, 0.1) is 11.8 Å². The number of rotatable bonds is 4. The van der Waals surface area contributed by atoms with E-state index in [1.807, 2.05) is 45.0 Å². The summed E-state index contributed by atoms with van der Waals surface area (Å²) in [4.78, 5) is 11.8. The van der Waals surface area contributed by atoms with Gasteiger partial charge in [-0.25, -0.2) is 4.79 Å². The lowest BCUT2D eigenvalue weighted by Crippen LogP contribution is -2.43. The summed E-state index contributed by atoms with van der Waals surface area (Å²) in [6.07, 6.45) is 0.415. The number of hydrogen-bond donors (Lipinski definition) is 1. The summed E-state index contributed by atoms with van der Waals surface area (Å²) in [5.41, 5.74) is 0.902. The normalized spacial score (nSPS) is 11.4. The highest BCUT2D eigenvalue weighted by molar-refractivity contribution is 5.69. The highest BCUT2D eigenvalue weighted by Crippen LogP contribution is 2.11. The Labute approximate surface area is 139 Å². The molecule has 0 aromatic heterocycles. The lowest BCUT2D eigenvalue weighted by molar-refractivity contribution is 0.0725. The van der Waals surface area contributed by atoms with Gasteiger partial charge in [-0.05, 0) is 58.7 Å². The molecule has 4 heteroatoms. The molecule has 1 aromatic rings. The molecule has 23 heavy (non-hydrogen) atoms. The quantitative estimate of drug-likeness (QED) is 0.864. The van der Waals surface area contributed by atoms with E-state index < -0.39 is 11.7 Å². The third-order valence-corrected chi connectivity index (χ3v) is 2.88. The molecule has 0 saturated carbocycles. The average molecular weight is 317 g/mol. The highest BCUT2D eigenvalue weighted by atomic mass is 16.6. The minimum atomic E-state index is -0.857. The SMILES string of the molecule is COCCc1ccc(C#CC(C)(C)OC(=O)NC(C)(C)C)cc1. The van der Waals surface area contributed by atoms with Crippen LogP contribution in [-0.2, 0) is 15.9 Å². The number of ether oxygens (including phenoxy) is 2. The molecule has 0 spiro atoms. The minimum Gasteiger partial charge on any atom is -0.430 e. The summed E-state index contributed by atoms with van der Waals surface area (Å²) in [6, 6.07) is 7.99. The second-order valence-corrected chi connectivity index (χ2v) is 6.96. The fraction of sp³-hybridized carbons (Fsp3) is 0.526. The van der Waals surface area contributed by atoms with Gasteiger partial charge in [0.05, 0.1) is 6.61 Å². The molecule has 0 heterocycles. The summed E-state index contributed by atoms with van der Waals surface area (Å²) >= 11 is 0. The van der Waals surface area contributed by atoms with E-state index in [1.165, 1.54) is 5.56 Å². The zero-order valence-corrected chi connectivity index (χ0v) is 14.9. The van der Waals surface area contributed by atoms with Gasteiger partial charge in [0.1, 0.15) is 0 Å². The van der Waals surface area contributed by atoms with Crippen molar-refractivity contribution in [3.63, 3.8) is 0 Å². The van der Waals surface area contributed by atoms with E-state index in [9.17, 15) is 4.79 Å². The van der Waals surface area contributed by atoms with Crippen LogP contribution < -0.4 is 5.32 Å². The first-order valence-electron chi connectivity index (χ1n) is 7.73. The van der Waals surface area contributed by atoms with Crippen LogP contribution in [0.5, 0.6) is 0 Å². The first kappa shape index (κ1) is 19.1.